The molecule has 0 spiro atoms. The van der Waals surface area contributed by atoms with Gasteiger partial charge in [-0.05, 0) is 58.3 Å². The number of hydrogen-bond donors (Lipinski definition) is 3. The van der Waals surface area contributed by atoms with Gasteiger partial charge in [-0.3, -0.25) is 0 Å². The van der Waals surface area contributed by atoms with Gasteiger partial charge in [0, 0.05) is 19.6 Å². The number of rotatable bonds is 6. The van der Waals surface area contributed by atoms with Crippen molar-refractivity contribution in [3.63, 3.8) is 0 Å². The largest absolute Gasteiger partial charge is 0.466 e. The van der Waals surface area contributed by atoms with Crippen molar-refractivity contribution in [2.24, 2.45) is 10.9 Å². The molecule has 0 aliphatic carbocycles. The zero-order chi connectivity index (χ0) is 16.7. The molecule has 0 amide bonds. The Kier molecular flexibility index (Phi) is 6.47. The molecule has 6 nitrogen and oxygen atoms in total. The topological polar surface area (TPSA) is 73.0 Å². The maximum absolute atomic E-state index is 10.5. The van der Waals surface area contributed by atoms with Crippen LogP contribution in [-0.2, 0) is 5.60 Å². The van der Waals surface area contributed by atoms with Crippen LogP contribution in [0.2, 0.25) is 0 Å². The first-order valence-electron chi connectivity index (χ1n) is 8.48. The summed E-state index contributed by atoms with van der Waals surface area (Å²) in [5.74, 6) is 1.92. The van der Waals surface area contributed by atoms with E-state index in [1.54, 1.807) is 25.3 Å². The fourth-order valence-electron chi connectivity index (χ4n) is 2.92. The Morgan fingerprint density at radius 3 is 3.00 bits per heavy atom. The summed E-state index contributed by atoms with van der Waals surface area (Å²) >= 11 is 0. The summed E-state index contributed by atoms with van der Waals surface area (Å²) < 4.78 is 5.29. The second-order valence-electron chi connectivity index (χ2n) is 6.60. The first-order chi connectivity index (χ1) is 11.0. The van der Waals surface area contributed by atoms with E-state index in [2.05, 4.69) is 27.6 Å². The van der Waals surface area contributed by atoms with E-state index in [4.69, 9.17) is 4.42 Å². The van der Waals surface area contributed by atoms with Crippen LogP contribution in [0.4, 0.5) is 0 Å². The fourth-order valence-corrected chi connectivity index (χ4v) is 2.92. The molecular formula is C17H30N4O2. The number of likely N-dealkylation sites (tertiary alicyclic amines) is 1. The number of aliphatic hydroxyl groups is 1. The summed E-state index contributed by atoms with van der Waals surface area (Å²) in [5.41, 5.74) is -1.10. The highest BCUT2D eigenvalue weighted by Gasteiger charge is 2.26. The van der Waals surface area contributed by atoms with Crippen LogP contribution in [0.25, 0.3) is 0 Å². The zero-order valence-corrected chi connectivity index (χ0v) is 14.5. The average molecular weight is 322 g/mol. The second-order valence-corrected chi connectivity index (χ2v) is 6.60. The van der Waals surface area contributed by atoms with Gasteiger partial charge in [-0.1, -0.05) is 0 Å². The van der Waals surface area contributed by atoms with Gasteiger partial charge in [0.15, 0.2) is 5.96 Å². The molecule has 1 aliphatic heterocycles. The highest BCUT2D eigenvalue weighted by Crippen LogP contribution is 2.21. The minimum Gasteiger partial charge on any atom is -0.466 e. The van der Waals surface area contributed by atoms with Gasteiger partial charge in [-0.25, -0.2) is 4.99 Å². The monoisotopic (exact) mass is 322 g/mol. The van der Waals surface area contributed by atoms with Crippen molar-refractivity contribution in [1.82, 2.24) is 15.5 Å². The van der Waals surface area contributed by atoms with Crippen LogP contribution in [0.15, 0.2) is 27.8 Å². The molecule has 2 atom stereocenters. The average Bonchev–Trinajstić information content (AvgIpc) is 3.05. The summed E-state index contributed by atoms with van der Waals surface area (Å²) in [7, 11) is 2.17. The van der Waals surface area contributed by atoms with E-state index in [1.165, 1.54) is 19.4 Å². The van der Waals surface area contributed by atoms with E-state index < -0.39 is 5.60 Å². The molecule has 23 heavy (non-hydrogen) atoms. The lowest BCUT2D eigenvalue weighted by atomic mass is 9.99. The molecule has 6 heteroatoms. The third kappa shape index (κ3) is 5.55. The molecule has 1 saturated heterocycles. The first-order valence-corrected chi connectivity index (χ1v) is 8.48. The summed E-state index contributed by atoms with van der Waals surface area (Å²) in [6.45, 7) is 8.01. The zero-order valence-electron chi connectivity index (χ0n) is 14.5. The van der Waals surface area contributed by atoms with Crippen LogP contribution in [-0.4, -0.2) is 55.7 Å². The lowest BCUT2D eigenvalue weighted by Gasteiger charge is -2.30. The van der Waals surface area contributed by atoms with Gasteiger partial charge >= 0.3 is 0 Å². The number of guanidine groups is 1. The fraction of sp³-hybridized carbons (Fsp3) is 0.706. The van der Waals surface area contributed by atoms with E-state index in [-0.39, 0.29) is 6.54 Å². The highest BCUT2D eigenvalue weighted by molar-refractivity contribution is 5.79. The lowest BCUT2D eigenvalue weighted by molar-refractivity contribution is 0.0437. The van der Waals surface area contributed by atoms with Gasteiger partial charge < -0.3 is 25.1 Å². The molecule has 0 radical (unpaired) electrons. The summed E-state index contributed by atoms with van der Waals surface area (Å²) in [6.07, 6.45) is 4.07. The highest BCUT2D eigenvalue weighted by atomic mass is 16.4. The van der Waals surface area contributed by atoms with Gasteiger partial charge in [-0.15, -0.1) is 0 Å². The predicted molar refractivity (Wildman–Crippen MR) is 92.5 cm³/mol. The summed E-state index contributed by atoms with van der Waals surface area (Å²) in [6, 6.07) is 3.55. The molecule has 0 aromatic carbocycles. The SMILES string of the molecule is CCNC(=NCC(C)(O)c1ccco1)NCC1CCCN(C)C1. The van der Waals surface area contributed by atoms with Crippen LogP contribution >= 0.6 is 0 Å². The van der Waals surface area contributed by atoms with E-state index in [0.29, 0.717) is 11.7 Å². The molecule has 1 aromatic heterocycles. The van der Waals surface area contributed by atoms with Crippen molar-refractivity contribution >= 4 is 5.96 Å². The van der Waals surface area contributed by atoms with Crippen LogP contribution < -0.4 is 10.6 Å². The number of nitrogens with one attached hydrogen (secondary N) is 2. The number of furan rings is 1. The molecular weight excluding hydrogens is 292 g/mol. The molecule has 3 N–H and O–H groups in total. The molecule has 1 aliphatic rings. The molecule has 0 bridgehead atoms. The second kappa shape index (κ2) is 8.36. The minimum absolute atomic E-state index is 0.250. The van der Waals surface area contributed by atoms with Crippen LogP contribution in [0, 0.1) is 5.92 Å². The van der Waals surface area contributed by atoms with E-state index in [9.17, 15) is 5.11 Å². The third-order valence-corrected chi connectivity index (χ3v) is 4.22. The first kappa shape index (κ1) is 17.8. The standard InChI is InChI=1S/C17H30N4O2/c1-4-18-16(19-11-14-7-5-9-21(3)12-14)20-13-17(2,22)15-8-6-10-23-15/h6,8,10,14,22H,4-5,7,9,11-13H2,1-3H3,(H2,18,19,20). The van der Waals surface area contributed by atoms with Crippen molar-refractivity contribution < 1.29 is 9.52 Å². The van der Waals surface area contributed by atoms with Gasteiger partial charge in [0.25, 0.3) is 0 Å². The van der Waals surface area contributed by atoms with Gasteiger partial charge in [-0.2, -0.15) is 0 Å². The van der Waals surface area contributed by atoms with Gasteiger partial charge in [0.05, 0.1) is 12.8 Å². The minimum atomic E-state index is -1.10. The van der Waals surface area contributed by atoms with E-state index >= 15 is 0 Å². The van der Waals surface area contributed by atoms with Crippen molar-refractivity contribution in [1.29, 1.82) is 0 Å². The maximum atomic E-state index is 10.5. The van der Waals surface area contributed by atoms with Crippen molar-refractivity contribution in [3.8, 4) is 0 Å². The Bertz CT molecular complexity index is 485. The van der Waals surface area contributed by atoms with Crippen LogP contribution in [0.5, 0.6) is 0 Å². The van der Waals surface area contributed by atoms with Crippen molar-refractivity contribution in [2.45, 2.75) is 32.3 Å². The molecule has 1 fully saturated rings. The normalized spacial score (nSPS) is 22.6. The summed E-state index contributed by atoms with van der Waals surface area (Å²) in [4.78, 5) is 6.89. The smallest absolute Gasteiger partial charge is 0.191 e. The quantitative estimate of drug-likeness (QED) is 0.545. The Morgan fingerprint density at radius 2 is 2.35 bits per heavy atom. The Balaban J connectivity index is 1.89. The molecule has 1 aromatic rings. The Morgan fingerprint density at radius 1 is 1.52 bits per heavy atom. The van der Waals surface area contributed by atoms with Crippen molar-refractivity contribution in [2.75, 3.05) is 39.8 Å². The number of aliphatic imine (C=N–C) groups is 1. The molecule has 2 heterocycles. The molecule has 2 unspecified atom stereocenters. The van der Waals surface area contributed by atoms with Crippen molar-refractivity contribution in [3.05, 3.63) is 24.2 Å². The number of piperidine rings is 1. The van der Waals surface area contributed by atoms with Crippen LogP contribution in [0.1, 0.15) is 32.4 Å². The lowest BCUT2D eigenvalue weighted by Crippen LogP contribution is -2.44. The Hall–Kier alpha value is -1.53. The molecule has 130 valence electrons. The molecule has 0 saturated carbocycles. The molecule has 2 rings (SSSR count). The Labute approximate surface area is 139 Å². The van der Waals surface area contributed by atoms with E-state index in [1.807, 2.05) is 6.92 Å². The maximum Gasteiger partial charge on any atom is 0.191 e. The van der Waals surface area contributed by atoms with Gasteiger partial charge in [0.1, 0.15) is 11.4 Å². The van der Waals surface area contributed by atoms with Crippen LogP contribution in [0.3, 0.4) is 0 Å². The van der Waals surface area contributed by atoms with E-state index in [0.717, 1.165) is 25.6 Å². The summed E-state index contributed by atoms with van der Waals surface area (Å²) in [5, 5.41) is 17.1. The van der Waals surface area contributed by atoms with Gasteiger partial charge in [0.2, 0.25) is 0 Å². The number of nitrogens with zero attached hydrogens (tertiary/aromatic N) is 2. The number of hydrogen-bond acceptors (Lipinski definition) is 4. The predicted octanol–water partition coefficient (Wildman–Crippen LogP) is 1.38. The third-order valence-electron chi connectivity index (χ3n) is 4.22.